The van der Waals surface area contributed by atoms with E-state index in [1.165, 1.54) is 12.1 Å². The number of benzene rings is 2. The Bertz CT molecular complexity index is 1280. The van der Waals surface area contributed by atoms with Gasteiger partial charge in [-0.3, -0.25) is 4.79 Å². The molecular formula is C27H26FNO4S. The highest BCUT2D eigenvalue weighted by Gasteiger charge is 2.41. The Balaban J connectivity index is 1.83. The van der Waals surface area contributed by atoms with E-state index in [-0.39, 0.29) is 16.6 Å². The van der Waals surface area contributed by atoms with Crippen molar-refractivity contribution in [1.29, 1.82) is 0 Å². The molecule has 176 valence electrons. The highest BCUT2D eigenvalue weighted by molar-refractivity contribution is 8.24. The third kappa shape index (κ3) is 4.65. The van der Waals surface area contributed by atoms with E-state index in [0.29, 0.717) is 29.1 Å². The number of allylic oxidation sites excluding steroid dienone is 1. The number of carboxylic acid groups (broad SMARTS) is 1. The first-order valence-corrected chi connectivity index (χ1v) is 12.3. The molecule has 4 rings (SSSR count). The summed E-state index contributed by atoms with van der Waals surface area (Å²) in [4.78, 5) is 25.7. The second kappa shape index (κ2) is 9.13. The van der Waals surface area contributed by atoms with Crippen molar-refractivity contribution in [2.24, 2.45) is 5.73 Å². The lowest BCUT2D eigenvalue weighted by molar-refractivity contribution is -0.114. The van der Waals surface area contributed by atoms with Gasteiger partial charge in [-0.25, -0.2) is 9.18 Å². The van der Waals surface area contributed by atoms with Gasteiger partial charge < -0.3 is 15.6 Å². The molecule has 1 unspecified atom stereocenters. The standard InChI is InChI=1S/C27H26FNO4S/c1-16(18-7-9-19(10-8-18)26(31)32)34-22(13-6-17-4-11-20(28)12-5-17)24(25(29)30)21-14-27(2,3)33-15-23(21)34/h4-5,7-12,16,34H,14-15H2,1-3H3,(H2,29,30)(H,31,32)/t16-/m0/s1. The fraction of sp³-hybridized carbons (Fsp3) is 0.259. The fourth-order valence-corrected chi connectivity index (χ4v) is 7.25. The number of ether oxygens (including phenoxy) is 1. The summed E-state index contributed by atoms with van der Waals surface area (Å²) in [5, 5.41) is 9.19. The van der Waals surface area contributed by atoms with Crippen LogP contribution in [-0.4, -0.2) is 29.2 Å². The number of carboxylic acids is 1. The molecule has 5 nitrogen and oxygen atoms in total. The SMILES string of the molecule is C[C@@H](c1ccc(C(=O)O)cc1)[SH]1C(C#Cc2ccc(F)cc2)=C(C(N)=O)C2=C1COC(C)(C)C2. The predicted octanol–water partition coefficient (Wildman–Crippen LogP) is 4.84. The maximum absolute atomic E-state index is 13.3. The van der Waals surface area contributed by atoms with Crippen LogP contribution in [0.25, 0.3) is 0 Å². The third-order valence-corrected chi connectivity index (χ3v) is 8.93. The molecule has 2 aromatic carbocycles. The summed E-state index contributed by atoms with van der Waals surface area (Å²) in [5.74, 6) is 4.43. The fourth-order valence-electron chi connectivity index (χ4n) is 4.31. The zero-order valence-electron chi connectivity index (χ0n) is 19.2. The molecule has 2 heterocycles. The molecule has 0 bridgehead atoms. The quantitative estimate of drug-likeness (QED) is 0.432. The monoisotopic (exact) mass is 479 g/mol. The van der Waals surface area contributed by atoms with Gasteiger partial charge in [-0.1, -0.05) is 30.9 Å². The Morgan fingerprint density at radius 2 is 1.76 bits per heavy atom. The molecule has 0 aromatic heterocycles. The van der Waals surface area contributed by atoms with E-state index < -0.39 is 28.4 Å². The number of carbonyl (C=O) groups is 2. The van der Waals surface area contributed by atoms with E-state index >= 15 is 0 Å². The lowest BCUT2D eigenvalue weighted by atomic mass is 9.90. The van der Waals surface area contributed by atoms with Crippen LogP contribution >= 0.6 is 10.9 Å². The number of amides is 1. The van der Waals surface area contributed by atoms with Crippen molar-refractivity contribution in [3.8, 4) is 11.8 Å². The average molecular weight is 480 g/mol. The first-order chi connectivity index (χ1) is 16.1. The number of nitrogens with two attached hydrogens (primary N) is 1. The zero-order valence-corrected chi connectivity index (χ0v) is 20.1. The molecule has 3 N–H and O–H groups in total. The van der Waals surface area contributed by atoms with E-state index in [2.05, 4.69) is 18.8 Å². The summed E-state index contributed by atoms with van der Waals surface area (Å²) in [6, 6.07) is 12.6. The third-order valence-electron chi connectivity index (χ3n) is 6.06. The minimum absolute atomic E-state index is 0.0537. The Morgan fingerprint density at radius 1 is 1.12 bits per heavy atom. The normalized spacial score (nSPS) is 20.9. The van der Waals surface area contributed by atoms with Crippen molar-refractivity contribution in [3.05, 3.63) is 92.0 Å². The summed E-state index contributed by atoms with van der Waals surface area (Å²) in [6.45, 7) is 6.39. The number of rotatable bonds is 4. The highest BCUT2D eigenvalue weighted by atomic mass is 32.2. The highest BCUT2D eigenvalue weighted by Crippen LogP contribution is 2.63. The number of aromatic carboxylic acids is 1. The molecular weight excluding hydrogens is 453 g/mol. The van der Waals surface area contributed by atoms with E-state index in [0.717, 1.165) is 16.0 Å². The van der Waals surface area contributed by atoms with Gasteiger partial charge in [0.2, 0.25) is 0 Å². The summed E-state index contributed by atoms with van der Waals surface area (Å²) < 4.78 is 19.4. The molecule has 0 saturated heterocycles. The molecule has 2 aromatic rings. The molecule has 2 aliphatic heterocycles. The lowest BCUT2D eigenvalue weighted by Gasteiger charge is -2.36. The van der Waals surface area contributed by atoms with E-state index in [9.17, 15) is 19.1 Å². The lowest BCUT2D eigenvalue weighted by Crippen LogP contribution is -2.31. The van der Waals surface area contributed by atoms with Crippen LogP contribution in [0.2, 0.25) is 0 Å². The maximum atomic E-state index is 13.3. The van der Waals surface area contributed by atoms with E-state index in [1.54, 1.807) is 36.4 Å². The van der Waals surface area contributed by atoms with Crippen LogP contribution in [0, 0.1) is 17.7 Å². The van der Waals surface area contributed by atoms with Gasteiger partial charge in [0.15, 0.2) is 0 Å². The van der Waals surface area contributed by atoms with Crippen molar-refractivity contribution in [2.45, 2.75) is 38.0 Å². The molecule has 0 saturated carbocycles. The second-order valence-electron chi connectivity index (χ2n) is 8.97. The van der Waals surface area contributed by atoms with Crippen LogP contribution in [0.15, 0.2) is 69.5 Å². The van der Waals surface area contributed by atoms with Crippen LogP contribution in [0.4, 0.5) is 4.39 Å². The summed E-state index contributed by atoms with van der Waals surface area (Å²) >= 11 is 0. The second-order valence-corrected chi connectivity index (χ2v) is 11.5. The predicted molar refractivity (Wildman–Crippen MR) is 132 cm³/mol. The van der Waals surface area contributed by atoms with Gasteiger partial charge in [-0.05, 0) is 61.4 Å². The molecule has 0 spiro atoms. The molecule has 2 atom stereocenters. The number of hydrogen-bond donors (Lipinski definition) is 3. The molecule has 0 fully saturated rings. The van der Waals surface area contributed by atoms with Gasteiger partial charge in [0, 0.05) is 22.1 Å². The van der Waals surface area contributed by atoms with Crippen molar-refractivity contribution >= 4 is 22.8 Å². The minimum atomic E-state index is -1.11. The Kier molecular flexibility index (Phi) is 6.39. The largest absolute Gasteiger partial charge is 0.478 e. The summed E-state index contributed by atoms with van der Waals surface area (Å²) in [7, 11) is -1.11. The van der Waals surface area contributed by atoms with Crippen LogP contribution in [0.3, 0.4) is 0 Å². The van der Waals surface area contributed by atoms with Crippen molar-refractivity contribution in [3.63, 3.8) is 0 Å². The minimum Gasteiger partial charge on any atom is -0.478 e. The Morgan fingerprint density at radius 3 is 2.35 bits per heavy atom. The van der Waals surface area contributed by atoms with Crippen LogP contribution < -0.4 is 5.73 Å². The van der Waals surface area contributed by atoms with Crippen LogP contribution in [-0.2, 0) is 9.53 Å². The molecule has 7 heteroatoms. The average Bonchev–Trinajstić information content (AvgIpc) is 3.10. The van der Waals surface area contributed by atoms with Crippen LogP contribution in [0.5, 0.6) is 0 Å². The van der Waals surface area contributed by atoms with Crippen LogP contribution in [0.1, 0.15) is 53.9 Å². The number of halogens is 1. The van der Waals surface area contributed by atoms with Crippen molar-refractivity contribution in [2.75, 3.05) is 6.61 Å². The molecule has 34 heavy (non-hydrogen) atoms. The van der Waals surface area contributed by atoms with Crippen molar-refractivity contribution in [1.82, 2.24) is 0 Å². The molecule has 2 aliphatic rings. The number of hydrogen-bond acceptors (Lipinski definition) is 3. The number of carbonyl (C=O) groups excluding carboxylic acids is 1. The van der Waals surface area contributed by atoms with Gasteiger partial charge in [0.1, 0.15) is 5.82 Å². The Labute approximate surface area is 200 Å². The smallest absolute Gasteiger partial charge is 0.335 e. The first kappa shape index (κ1) is 23.8. The van der Waals surface area contributed by atoms with E-state index in [1.807, 2.05) is 13.8 Å². The van der Waals surface area contributed by atoms with Gasteiger partial charge in [0.25, 0.3) is 5.91 Å². The molecule has 1 amide bonds. The van der Waals surface area contributed by atoms with Crippen molar-refractivity contribution < 1.29 is 23.8 Å². The maximum Gasteiger partial charge on any atom is 0.335 e. The number of thiol groups is 1. The molecule has 0 aliphatic carbocycles. The summed E-state index contributed by atoms with van der Waals surface area (Å²) in [6.07, 6.45) is 0.547. The topological polar surface area (TPSA) is 89.6 Å². The zero-order chi connectivity index (χ0) is 24.6. The first-order valence-electron chi connectivity index (χ1n) is 10.9. The van der Waals surface area contributed by atoms with Gasteiger partial charge in [-0.2, -0.15) is 10.9 Å². The number of primary amides is 1. The summed E-state index contributed by atoms with van der Waals surface area (Å²) in [5.41, 5.74) is 8.60. The molecule has 0 radical (unpaired) electrons. The van der Waals surface area contributed by atoms with E-state index in [4.69, 9.17) is 10.5 Å². The van der Waals surface area contributed by atoms with Gasteiger partial charge in [-0.15, -0.1) is 0 Å². The van der Waals surface area contributed by atoms with Gasteiger partial charge >= 0.3 is 5.97 Å². The Hall–Kier alpha value is -3.34. The van der Waals surface area contributed by atoms with Gasteiger partial charge in [0.05, 0.1) is 28.2 Å².